The largest absolute Gasteiger partial charge is 0.342 e. The van der Waals surface area contributed by atoms with Crippen LogP contribution in [0, 0.1) is 5.82 Å². The Labute approximate surface area is 144 Å². The van der Waals surface area contributed by atoms with Gasteiger partial charge < -0.3 is 4.90 Å². The Kier molecular flexibility index (Phi) is 4.13. The Morgan fingerprint density at radius 2 is 2.04 bits per heavy atom. The van der Waals surface area contributed by atoms with Crippen molar-refractivity contribution in [1.82, 2.24) is 25.1 Å². The molecule has 1 amide bonds. The zero-order valence-corrected chi connectivity index (χ0v) is 13.7. The summed E-state index contributed by atoms with van der Waals surface area (Å²) in [5, 5.41) is 7.25. The van der Waals surface area contributed by atoms with Crippen molar-refractivity contribution in [2.75, 3.05) is 13.1 Å². The third-order valence-corrected chi connectivity index (χ3v) is 4.72. The Balaban J connectivity index is 1.40. The lowest BCUT2D eigenvalue weighted by molar-refractivity contribution is -0.131. The van der Waals surface area contributed by atoms with E-state index in [-0.39, 0.29) is 18.1 Å². The number of likely N-dealkylation sites (tertiary alicyclic amines) is 1. The lowest BCUT2D eigenvalue weighted by Crippen LogP contribution is -2.38. The minimum Gasteiger partial charge on any atom is -0.342 e. The lowest BCUT2D eigenvalue weighted by Gasteiger charge is -2.31. The zero-order chi connectivity index (χ0) is 17.2. The predicted molar refractivity (Wildman–Crippen MR) is 90.3 cm³/mol. The van der Waals surface area contributed by atoms with Crippen LogP contribution in [0.15, 0.2) is 36.7 Å². The number of rotatable bonds is 3. The number of piperidine rings is 1. The number of carbonyl (C=O) groups excluding carboxylic acids is 1. The molecule has 1 aliphatic rings. The molecule has 128 valence electrons. The van der Waals surface area contributed by atoms with Gasteiger partial charge in [0.1, 0.15) is 11.3 Å². The summed E-state index contributed by atoms with van der Waals surface area (Å²) in [6.45, 7) is 1.36. The van der Waals surface area contributed by atoms with Gasteiger partial charge in [-0.25, -0.2) is 14.4 Å². The van der Waals surface area contributed by atoms with E-state index in [2.05, 4.69) is 20.2 Å². The van der Waals surface area contributed by atoms with Gasteiger partial charge in [0.05, 0.1) is 12.1 Å². The van der Waals surface area contributed by atoms with Gasteiger partial charge in [-0.15, -0.1) is 0 Å². The van der Waals surface area contributed by atoms with E-state index in [4.69, 9.17) is 0 Å². The number of amides is 1. The molecule has 1 fully saturated rings. The molecule has 4 rings (SSSR count). The van der Waals surface area contributed by atoms with Gasteiger partial charge in [0.15, 0.2) is 5.65 Å². The van der Waals surface area contributed by atoms with Crippen LogP contribution in [0.3, 0.4) is 0 Å². The summed E-state index contributed by atoms with van der Waals surface area (Å²) in [6.07, 6.45) is 5.23. The van der Waals surface area contributed by atoms with Crippen LogP contribution in [0.5, 0.6) is 0 Å². The van der Waals surface area contributed by atoms with Crippen molar-refractivity contribution in [1.29, 1.82) is 0 Å². The van der Waals surface area contributed by atoms with Crippen molar-refractivity contribution in [3.8, 4) is 0 Å². The van der Waals surface area contributed by atoms with Crippen molar-refractivity contribution in [3.05, 3.63) is 53.7 Å². The van der Waals surface area contributed by atoms with Gasteiger partial charge in [-0.3, -0.25) is 9.89 Å². The molecule has 2 aromatic heterocycles. The number of carbonyl (C=O) groups is 1. The zero-order valence-electron chi connectivity index (χ0n) is 13.7. The van der Waals surface area contributed by atoms with Gasteiger partial charge in [-0.05, 0) is 30.5 Å². The van der Waals surface area contributed by atoms with Crippen LogP contribution in [-0.4, -0.2) is 44.1 Å². The number of hydrogen-bond donors (Lipinski definition) is 1. The number of nitrogens with zero attached hydrogens (tertiary/aromatic N) is 4. The van der Waals surface area contributed by atoms with Crippen molar-refractivity contribution >= 4 is 17.1 Å². The van der Waals surface area contributed by atoms with Crippen LogP contribution >= 0.6 is 0 Å². The van der Waals surface area contributed by atoms with Gasteiger partial charge in [-0.2, -0.15) is 5.10 Å². The first-order valence-electron chi connectivity index (χ1n) is 8.38. The minimum absolute atomic E-state index is 0.0401. The molecule has 1 saturated heterocycles. The van der Waals surface area contributed by atoms with Gasteiger partial charge in [0, 0.05) is 31.4 Å². The molecule has 0 bridgehead atoms. The van der Waals surface area contributed by atoms with E-state index in [0.29, 0.717) is 30.2 Å². The molecule has 3 aromatic rings. The van der Waals surface area contributed by atoms with E-state index in [1.165, 1.54) is 12.1 Å². The van der Waals surface area contributed by atoms with E-state index in [9.17, 15) is 9.18 Å². The second kappa shape index (κ2) is 6.58. The quantitative estimate of drug-likeness (QED) is 0.795. The van der Waals surface area contributed by atoms with E-state index in [1.807, 2.05) is 4.90 Å². The summed E-state index contributed by atoms with van der Waals surface area (Å²) in [6, 6.07) is 6.22. The summed E-state index contributed by atoms with van der Waals surface area (Å²) in [5.41, 5.74) is 3.15. The fourth-order valence-electron chi connectivity index (χ4n) is 3.40. The van der Waals surface area contributed by atoms with E-state index in [0.717, 1.165) is 24.1 Å². The molecule has 1 aliphatic heterocycles. The van der Waals surface area contributed by atoms with Crippen LogP contribution in [0.2, 0.25) is 0 Å². The molecule has 6 nitrogen and oxygen atoms in total. The highest BCUT2D eigenvalue weighted by Gasteiger charge is 2.26. The number of aromatic amines is 1. The standard InChI is InChI=1S/C18H18FN5O/c19-14-3-1-2-12(10-14)11-15(25)24-8-4-13(5-9-24)16-17-18(23-22-16)21-7-6-20-17/h1-3,6-7,10,13H,4-5,8-9,11H2,(H,21,22,23). The number of benzene rings is 1. The Bertz CT molecular complexity index is 901. The second-order valence-corrected chi connectivity index (χ2v) is 6.33. The van der Waals surface area contributed by atoms with Crippen LogP contribution < -0.4 is 0 Å². The summed E-state index contributed by atoms with van der Waals surface area (Å²) < 4.78 is 13.3. The van der Waals surface area contributed by atoms with Gasteiger partial charge in [-0.1, -0.05) is 12.1 Å². The first-order valence-corrected chi connectivity index (χ1v) is 8.38. The van der Waals surface area contributed by atoms with Crippen molar-refractivity contribution in [3.63, 3.8) is 0 Å². The maximum absolute atomic E-state index is 13.3. The van der Waals surface area contributed by atoms with Gasteiger partial charge in [0.2, 0.25) is 5.91 Å². The van der Waals surface area contributed by atoms with Crippen molar-refractivity contribution in [2.45, 2.75) is 25.2 Å². The molecule has 7 heteroatoms. The topological polar surface area (TPSA) is 74.8 Å². The number of nitrogens with one attached hydrogen (secondary N) is 1. The maximum atomic E-state index is 13.3. The average molecular weight is 339 g/mol. The van der Waals surface area contributed by atoms with Crippen LogP contribution in [0.1, 0.15) is 30.0 Å². The van der Waals surface area contributed by atoms with E-state index < -0.39 is 0 Å². The van der Waals surface area contributed by atoms with Crippen molar-refractivity contribution in [2.24, 2.45) is 0 Å². The predicted octanol–water partition coefficient (Wildman–Crippen LogP) is 2.44. The molecular weight excluding hydrogens is 321 g/mol. The van der Waals surface area contributed by atoms with Crippen LogP contribution in [0.4, 0.5) is 4.39 Å². The summed E-state index contributed by atoms with van der Waals surface area (Å²) in [4.78, 5) is 22.9. The summed E-state index contributed by atoms with van der Waals surface area (Å²) in [5.74, 6) is 0.0227. The molecule has 0 radical (unpaired) electrons. The second-order valence-electron chi connectivity index (χ2n) is 6.33. The molecule has 1 aromatic carbocycles. The molecule has 0 atom stereocenters. The highest BCUT2D eigenvalue weighted by atomic mass is 19.1. The average Bonchev–Trinajstić information content (AvgIpc) is 3.06. The highest BCUT2D eigenvalue weighted by molar-refractivity contribution is 5.79. The van der Waals surface area contributed by atoms with E-state index >= 15 is 0 Å². The van der Waals surface area contributed by atoms with Gasteiger partial charge >= 0.3 is 0 Å². The number of halogens is 1. The van der Waals surface area contributed by atoms with E-state index in [1.54, 1.807) is 24.5 Å². The Hall–Kier alpha value is -2.83. The Morgan fingerprint density at radius 1 is 1.24 bits per heavy atom. The number of H-pyrrole nitrogens is 1. The molecule has 0 unspecified atom stereocenters. The fraction of sp³-hybridized carbons (Fsp3) is 0.333. The smallest absolute Gasteiger partial charge is 0.226 e. The summed E-state index contributed by atoms with van der Waals surface area (Å²) >= 11 is 0. The molecule has 3 heterocycles. The molecule has 0 spiro atoms. The Morgan fingerprint density at radius 3 is 2.84 bits per heavy atom. The lowest BCUT2D eigenvalue weighted by atomic mass is 9.92. The molecule has 0 saturated carbocycles. The maximum Gasteiger partial charge on any atom is 0.226 e. The summed E-state index contributed by atoms with van der Waals surface area (Å²) in [7, 11) is 0. The van der Waals surface area contributed by atoms with Crippen LogP contribution in [-0.2, 0) is 11.2 Å². The van der Waals surface area contributed by atoms with Gasteiger partial charge in [0.25, 0.3) is 0 Å². The normalized spacial score (nSPS) is 15.6. The fourth-order valence-corrected chi connectivity index (χ4v) is 3.40. The van der Waals surface area contributed by atoms with Crippen molar-refractivity contribution < 1.29 is 9.18 Å². The third kappa shape index (κ3) is 3.22. The molecule has 0 aliphatic carbocycles. The first kappa shape index (κ1) is 15.7. The molecule has 25 heavy (non-hydrogen) atoms. The SMILES string of the molecule is O=C(Cc1cccc(F)c1)N1CCC(c2[nH]nc3nccnc23)CC1. The number of fused-ring (bicyclic) bond motifs is 1. The first-order chi connectivity index (χ1) is 12.2. The molecular formula is C18H18FN5O. The van der Waals surface area contributed by atoms with Crippen LogP contribution in [0.25, 0.3) is 11.2 Å². The number of aromatic nitrogens is 4. The monoisotopic (exact) mass is 339 g/mol. The highest BCUT2D eigenvalue weighted by Crippen LogP contribution is 2.30. The molecule has 1 N–H and O–H groups in total. The minimum atomic E-state index is -0.309. The number of hydrogen-bond acceptors (Lipinski definition) is 4. The third-order valence-electron chi connectivity index (χ3n) is 4.72.